The maximum atomic E-state index is 10.9. The molecule has 1 N–H and O–H groups in total. The molecular weight excluding hydrogens is 274 g/mol. The quantitative estimate of drug-likeness (QED) is 0.861. The van der Waals surface area contributed by atoms with Crippen molar-refractivity contribution in [1.82, 2.24) is 4.90 Å². The lowest BCUT2D eigenvalue weighted by Gasteiger charge is -2.34. The third-order valence-corrected chi connectivity index (χ3v) is 5.07. The molecule has 1 heterocycles. The predicted molar refractivity (Wildman–Crippen MR) is 84.3 cm³/mol. The summed E-state index contributed by atoms with van der Waals surface area (Å²) in [6, 6.07) is 0. The summed E-state index contributed by atoms with van der Waals surface area (Å²) in [5.74, 6) is 1.99. The van der Waals surface area contributed by atoms with Crippen molar-refractivity contribution in [1.29, 1.82) is 0 Å². The van der Waals surface area contributed by atoms with Gasteiger partial charge in [0.1, 0.15) is 0 Å². The largest absolute Gasteiger partial charge is 0.481 e. The molecule has 1 saturated carbocycles. The molecule has 0 bridgehead atoms. The van der Waals surface area contributed by atoms with Gasteiger partial charge in [-0.1, -0.05) is 13.8 Å². The summed E-state index contributed by atoms with van der Waals surface area (Å²) in [5.41, 5.74) is 0. The summed E-state index contributed by atoms with van der Waals surface area (Å²) < 4.78 is 0. The van der Waals surface area contributed by atoms with Gasteiger partial charge < -0.3 is 10.0 Å². The average molecular weight is 304 g/mol. The van der Waals surface area contributed by atoms with Gasteiger partial charge in [0.05, 0.1) is 5.92 Å². The van der Waals surface area contributed by atoms with Crippen LogP contribution < -0.4 is 0 Å². The van der Waals surface area contributed by atoms with Gasteiger partial charge in [-0.25, -0.2) is 0 Å². The van der Waals surface area contributed by atoms with Gasteiger partial charge in [-0.05, 0) is 75.9 Å². The summed E-state index contributed by atoms with van der Waals surface area (Å²) in [6.07, 6.45) is 7.19. The molecule has 20 heavy (non-hydrogen) atoms. The Morgan fingerprint density at radius 1 is 1.10 bits per heavy atom. The number of piperidine rings is 1. The fourth-order valence-corrected chi connectivity index (χ4v) is 4.12. The van der Waals surface area contributed by atoms with Crippen molar-refractivity contribution in [3.05, 3.63) is 0 Å². The van der Waals surface area contributed by atoms with Crippen molar-refractivity contribution < 1.29 is 9.90 Å². The molecule has 0 amide bonds. The lowest BCUT2D eigenvalue weighted by molar-refractivity contribution is -0.143. The molecule has 0 aromatic heterocycles. The van der Waals surface area contributed by atoms with Crippen molar-refractivity contribution in [3.8, 4) is 0 Å². The van der Waals surface area contributed by atoms with Crippen LogP contribution in [0.25, 0.3) is 0 Å². The number of carboxylic acid groups (broad SMARTS) is 1. The van der Waals surface area contributed by atoms with E-state index in [2.05, 4.69) is 18.7 Å². The molecule has 1 aliphatic carbocycles. The summed E-state index contributed by atoms with van der Waals surface area (Å²) in [5, 5.41) is 9.00. The fraction of sp³-hybridized carbons (Fsp3) is 0.938. The lowest BCUT2D eigenvalue weighted by Crippen LogP contribution is -2.37. The first-order valence-corrected chi connectivity index (χ1v) is 7.99. The van der Waals surface area contributed by atoms with E-state index >= 15 is 0 Å². The summed E-state index contributed by atoms with van der Waals surface area (Å²) in [4.78, 5) is 13.4. The van der Waals surface area contributed by atoms with E-state index in [0.29, 0.717) is 0 Å². The molecule has 2 unspecified atom stereocenters. The SMILES string of the molecule is CC1CC(C)CC(CCN2CCC(C(=O)O)CC2)C1.Cl. The molecule has 0 spiro atoms. The molecule has 2 fully saturated rings. The number of likely N-dealkylation sites (tertiary alicyclic amines) is 1. The fourth-order valence-electron chi connectivity index (χ4n) is 4.12. The second-order valence-corrected chi connectivity index (χ2v) is 7.03. The molecular formula is C16H30ClNO2. The number of hydrogen-bond donors (Lipinski definition) is 1. The highest BCUT2D eigenvalue weighted by atomic mass is 35.5. The van der Waals surface area contributed by atoms with Gasteiger partial charge in [0, 0.05) is 0 Å². The van der Waals surface area contributed by atoms with E-state index in [-0.39, 0.29) is 18.3 Å². The molecule has 118 valence electrons. The summed E-state index contributed by atoms with van der Waals surface area (Å²) in [7, 11) is 0. The third-order valence-electron chi connectivity index (χ3n) is 5.07. The Morgan fingerprint density at radius 3 is 2.15 bits per heavy atom. The topological polar surface area (TPSA) is 40.5 Å². The number of nitrogens with zero attached hydrogens (tertiary/aromatic N) is 1. The molecule has 1 aliphatic heterocycles. The van der Waals surface area contributed by atoms with Crippen LogP contribution in [0.2, 0.25) is 0 Å². The summed E-state index contributed by atoms with van der Waals surface area (Å²) in [6.45, 7) is 7.92. The minimum atomic E-state index is -0.602. The van der Waals surface area contributed by atoms with Crippen LogP contribution in [-0.2, 0) is 4.79 Å². The Morgan fingerprint density at radius 2 is 1.65 bits per heavy atom. The van der Waals surface area contributed by atoms with E-state index in [0.717, 1.165) is 43.7 Å². The van der Waals surface area contributed by atoms with E-state index < -0.39 is 5.97 Å². The molecule has 0 aromatic carbocycles. The molecule has 0 aromatic rings. The van der Waals surface area contributed by atoms with E-state index in [1.165, 1.54) is 32.2 Å². The predicted octanol–water partition coefficient (Wildman–Crippen LogP) is 3.67. The van der Waals surface area contributed by atoms with Crippen LogP contribution >= 0.6 is 12.4 Å². The van der Waals surface area contributed by atoms with E-state index in [9.17, 15) is 4.79 Å². The minimum Gasteiger partial charge on any atom is -0.481 e. The van der Waals surface area contributed by atoms with Crippen LogP contribution in [0.5, 0.6) is 0 Å². The molecule has 2 atom stereocenters. The standard InChI is InChI=1S/C16H29NO2.ClH/c1-12-9-13(2)11-14(10-12)3-6-17-7-4-15(5-8-17)16(18)19;/h12-15H,3-11H2,1-2H3,(H,18,19);1H. The second kappa shape index (κ2) is 8.23. The van der Waals surface area contributed by atoms with Gasteiger partial charge >= 0.3 is 5.97 Å². The monoisotopic (exact) mass is 303 g/mol. The van der Waals surface area contributed by atoms with E-state index in [4.69, 9.17) is 5.11 Å². The van der Waals surface area contributed by atoms with Gasteiger partial charge in [-0.15, -0.1) is 12.4 Å². The third kappa shape index (κ3) is 5.25. The number of halogens is 1. The molecule has 1 saturated heterocycles. The first-order valence-electron chi connectivity index (χ1n) is 7.99. The van der Waals surface area contributed by atoms with E-state index in [1.54, 1.807) is 0 Å². The normalized spacial score (nSPS) is 32.6. The Kier molecular flexibility index (Phi) is 7.32. The van der Waals surface area contributed by atoms with Crippen LogP contribution in [0.3, 0.4) is 0 Å². The number of rotatable bonds is 4. The van der Waals surface area contributed by atoms with Gasteiger partial charge in [0.2, 0.25) is 0 Å². The lowest BCUT2D eigenvalue weighted by atomic mass is 9.75. The van der Waals surface area contributed by atoms with Crippen LogP contribution in [0.4, 0.5) is 0 Å². The molecule has 2 rings (SSSR count). The van der Waals surface area contributed by atoms with Gasteiger partial charge in [-0.2, -0.15) is 0 Å². The highest BCUT2D eigenvalue weighted by Gasteiger charge is 2.27. The van der Waals surface area contributed by atoms with Crippen LogP contribution in [0.1, 0.15) is 52.4 Å². The summed E-state index contributed by atoms with van der Waals surface area (Å²) >= 11 is 0. The Labute approximate surface area is 129 Å². The number of carbonyl (C=O) groups is 1. The molecule has 3 nitrogen and oxygen atoms in total. The van der Waals surface area contributed by atoms with Crippen LogP contribution in [0, 0.1) is 23.7 Å². The highest BCUT2D eigenvalue weighted by molar-refractivity contribution is 5.85. The van der Waals surface area contributed by atoms with Crippen molar-refractivity contribution >= 4 is 18.4 Å². The molecule has 4 heteroatoms. The van der Waals surface area contributed by atoms with Crippen molar-refractivity contribution in [2.45, 2.75) is 52.4 Å². The molecule has 0 radical (unpaired) electrons. The smallest absolute Gasteiger partial charge is 0.306 e. The second-order valence-electron chi connectivity index (χ2n) is 7.03. The number of carboxylic acids is 1. The number of aliphatic carboxylic acids is 1. The van der Waals surface area contributed by atoms with Crippen LogP contribution in [-0.4, -0.2) is 35.6 Å². The highest BCUT2D eigenvalue weighted by Crippen LogP contribution is 2.34. The zero-order valence-corrected chi connectivity index (χ0v) is 13.7. The zero-order chi connectivity index (χ0) is 13.8. The van der Waals surface area contributed by atoms with Crippen molar-refractivity contribution in [3.63, 3.8) is 0 Å². The van der Waals surface area contributed by atoms with Crippen LogP contribution in [0.15, 0.2) is 0 Å². The first-order chi connectivity index (χ1) is 9.04. The van der Waals surface area contributed by atoms with Gasteiger partial charge in [-0.3, -0.25) is 4.79 Å². The Balaban J connectivity index is 0.00000200. The van der Waals surface area contributed by atoms with Gasteiger partial charge in [0.15, 0.2) is 0 Å². The maximum absolute atomic E-state index is 10.9. The van der Waals surface area contributed by atoms with Crippen molar-refractivity contribution in [2.24, 2.45) is 23.7 Å². The minimum absolute atomic E-state index is 0. The van der Waals surface area contributed by atoms with Gasteiger partial charge in [0.25, 0.3) is 0 Å². The first kappa shape index (κ1) is 17.8. The average Bonchev–Trinajstić information content (AvgIpc) is 2.36. The molecule has 2 aliphatic rings. The number of hydrogen-bond acceptors (Lipinski definition) is 2. The Hall–Kier alpha value is -0.280. The maximum Gasteiger partial charge on any atom is 0.306 e. The van der Waals surface area contributed by atoms with Crippen molar-refractivity contribution in [2.75, 3.05) is 19.6 Å². The van der Waals surface area contributed by atoms with E-state index in [1.807, 2.05) is 0 Å². The Bertz CT molecular complexity index is 293. The zero-order valence-electron chi connectivity index (χ0n) is 12.9.